The van der Waals surface area contributed by atoms with Crippen LogP contribution >= 0.6 is 11.3 Å². The molecule has 2 aromatic heterocycles. The molecule has 1 aromatic carbocycles. The summed E-state index contributed by atoms with van der Waals surface area (Å²) >= 11 is 1.63. The fourth-order valence-corrected chi connectivity index (χ4v) is 3.28. The standard InChI is InChI=1S/C16H16N4S/c1-10-5-4-6-11(2)15(10)13-9-18-16(21-13)20-14-7-8-17-12(3)19-14/h4-9H,1-3H3,(H,17,18,19,20). The van der Waals surface area contributed by atoms with Crippen molar-refractivity contribution in [1.29, 1.82) is 0 Å². The number of benzene rings is 1. The van der Waals surface area contributed by atoms with Crippen molar-refractivity contribution in [3.63, 3.8) is 0 Å². The molecule has 0 unspecified atom stereocenters. The van der Waals surface area contributed by atoms with Crippen LogP contribution < -0.4 is 5.32 Å². The highest BCUT2D eigenvalue weighted by Gasteiger charge is 2.10. The van der Waals surface area contributed by atoms with Gasteiger partial charge in [0.05, 0.1) is 4.88 Å². The molecular weight excluding hydrogens is 280 g/mol. The van der Waals surface area contributed by atoms with E-state index in [4.69, 9.17) is 0 Å². The summed E-state index contributed by atoms with van der Waals surface area (Å²) in [4.78, 5) is 14.0. The van der Waals surface area contributed by atoms with Crippen molar-refractivity contribution in [3.05, 3.63) is 53.6 Å². The van der Waals surface area contributed by atoms with Crippen LogP contribution in [0.25, 0.3) is 10.4 Å². The van der Waals surface area contributed by atoms with Gasteiger partial charge in [0.1, 0.15) is 11.6 Å². The Morgan fingerprint density at radius 2 is 1.76 bits per heavy atom. The average molecular weight is 296 g/mol. The summed E-state index contributed by atoms with van der Waals surface area (Å²) in [5.41, 5.74) is 3.80. The van der Waals surface area contributed by atoms with Crippen LogP contribution in [0.3, 0.4) is 0 Å². The van der Waals surface area contributed by atoms with E-state index in [1.54, 1.807) is 17.5 Å². The first-order valence-corrected chi connectivity index (χ1v) is 7.54. The van der Waals surface area contributed by atoms with Gasteiger partial charge in [-0.3, -0.25) is 0 Å². The smallest absolute Gasteiger partial charge is 0.188 e. The van der Waals surface area contributed by atoms with Crippen molar-refractivity contribution < 1.29 is 0 Å². The Morgan fingerprint density at radius 1 is 1.00 bits per heavy atom. The van der Waals surface area contributed by atoms with E-state index in [1.165, 1.54) is 21.6 Å². The maximum Gasteiger partial charge on any atom is 0.188 e. The zero-order chi connectivity index (χ0) is 14.8. The first-order valence-electron chi connectivity index (χ1n) is 6.72. The van der Waals surface area contributed by atoms with E-state index < -0.39 is 0 Å². The largest absolute Gasteiger partial charge is 0.316 e. The highest BCUT2D eigenvalue weighted by atomic mass is 32.1. The van der Waals surface area contributed by atoms with Crippen molar-refractivity contribution in [3.8, 4) is 10.4 Å². The Morgan fingerprint density at radius 3 is 2.48 bits per heavy atom. The molecule has 21 heavy (non-hydrogen) atoms. The number of aromatic nitrogens is 3. The molecule has 1 N–H and O–H groups in total. The van der Waals surface area contributed by atoms with E-state index in [2.05, 4.69) is 52.3 Å². The van der Waals surface area contributed by atoms with E-state index in [0.717, 1.165) is 16.8 Å². The molecule has 0 bridgehead atoms. The van der Waals surface area contributed by atoms with Crippen LogP contribution in [-0.2, 0) is 0 Å². The number of anilines is 2. The van der Waals surface area contributed by atoms with Gasteiger partial charge in [-0.1, -0.05) is 29.5 Å². The second-order valence-electron chi connectivity index (χ2n) is 4.91. The minimum Gasteiger partial charge on any atom is -0.316 e. The monoisotopic (exact) mass is 296 g/mol. The molecule has 2 heterocycles. The van der Waals surface area contributed by atoms with Crippen LogP contribution in [0, 0.1) is 20.8 Å². The maximum absolute atomic E-state index is 4.45. The van der Waals surface area contributed by atoms with Gasteiger partial charge < -0.3 is 5.32 Å². The fourth-order valence-electron chi connectivity index (χ4n) is 2.29. The van der Waals surface area contributed by atoms with Crippen LogP contribution in [0.1, 0.15) is 17.0 Å². The lowest BCUT2D eigenvalue weighted by Crippen LogP contribution is -1.95. The Hall–Kier alpha value is -2.27. The average Bonchev–Trinajstić information content (AvgIpc) is 2.87. The van der Waals surface area contributed by atoms with Crippen molar-refractivity contribution in [2.24, 2.45) is 0 Å². The molecule has 0 aliphatic carbocycles. The summed E-state index contributed by atoms with van der Waals surface area (Å²) in [6.07, 6.45) is 3.65. The Kier molecular flexibility index (Phi) is 3.66. The third kappa shape index (κ3) is 2.92. The molecule has 4 nitrogen and oxygen atoms in total. The highest BCUT2D eigenvalue weighted by molar-refractivity contribution is 7.19. The molecule has 5 heteroatoms. The zero-order valence-corrected chi connectivity index (χ0v) is 13.0. The van der Waals surface area contributed by atoms with E-state index in [0.29, 0.717) is 0 Å². The molecule has 106 valence electrons. The molecule has 0 radical (unpaired) electrons. The van der Waals surface area contributed by atoms with Gasteiger partial charge in [0.2, 0.25) is 0 Å². The zero-order valence-electron chi connectivity index (χ0n) is 12.2. The van der Waals surface area contributed by atoms with Gasteiger partial charge in [0.25, 0.3) is 0 Å². The van der Waals surface area contributed by atoms with Crippen LogP contribution in [-0.4, -0.2) is 15.0 Å². The van der Waals surface area contributed by atoms with Crippen LogP contribution in [0.4, 0.5) is 10.9 Å². The summed E-state index contributed by atoms with van der Waals surface area (Å²) in [6, 6.07) is 8.18. The summed E-state index contributed by atoms with van der Waals surface area (Å²) in [6.45, 7) is 6.13. The Balaban J connectivity index is 1.90. The van der Waals surface area contributed by atoms with Crippen molar-refractivity contribution in [2.45, 2.75) is 20.8 Å². The van der Waals surface area contributed by atoms with Crippen LogP contribution in [0.5, 0.6) is 0 Å². The summed E-state index contributed by atoms with van der Waals surface area (Å²) in [5.74, 6) is 1.51. The second-order valence-corrected chi connectivity index (χ2v) is 5.94. The molecule has 0 saturated heterocycles. The number of thiazole rings is 1. The van der Waals surface area contributed by atoms with Gasteiger partial charge >= 0.3 is 0 Å². The number of nitrogens with zero attached hydrogens (tertiary/aromatic N) is 3. The molecule has 3 aromatic rings. The molecule has 0 amide bonds. The number of hydrogen-bond donors (Lipinski definition) is 1. The fraction of sp³-hybridized carbons (Fsp3) is 0.188. The first-order chi connectivity index (χ1) is 10.1. The number of aryl methyl sites for hydroxylation is 3. The summed E-state index contributed by atoms with van der Waals surface area (Å²) in [7, 11) is 0. The topological polar surface area (TPSA) is 50.7 Å². The van der Waals surface area contributed by atoms with Gasteiger partial charge in [-0.25, -0.2) is 15.0 Å². The minimum absolute atomic E-state index is 0.742. The molecule has 0 saturated carbocycles. The normalized spacial score (nSPS) is 10.6. The Labute approximate surface area is 127 Å². The van der Waals surface area contributed by atoms with Crippen LogP contribution in [0.2, 0.25) is 0 Å². The van der Waals surface area contributed by atoms with Gasteiger partial charge in [0.15, 0.2) is 5.13 Å². The van der Waals surface area contributed by atoms with Gasteiger partial charge in [-0.15, -0.1) is 0 Å². The highest BCUT2D eigenvalue weighted by Crippen LogP contribution is 2.34. The molecule has 0 spiro atoms. The second kappa shape index (κ2) is 5.61. The molecule has 0 aliphatic rings. The number of rotatable bonds is 3. The van der Waals surface area contributed by atoms with Crippen molar-refractivity contribution >= 4 is 22.3 Å². The molecule has 0 aliphatic heterocycles. The Bertz CT molecular complexity index is 759. The molecule has 0 atom stereocenters. The van der Waals surface area contributed by atoms with E-state index >= 15 is 0 Å². The van der Waals surface area contributed by atoms with Gasteiger partial charge in [-0.2, -0.15) is 0 Å². The lowest BCUT2D eigenvalue weighted by Gasteiger charge is -2.06. The summed E-state index contributed by atoms with van der Waals surface area (Å²) < 4.78 is 0. The quantitative estimate of drug-likeness (QED) is 0.784. The van der Waals surface area contributed by atoms with E-state index in [-0.39, 0.29) is 0 Å². The van der Waals surface area contributed by atoms with E-state index in [1.807, 2.05) is 19.2 Å². The molecule has 3 rings (SSSR count). The predicted octanol–water partition coefficient (Wildman–Crippen LogP) is 4.27. The lowest BCUT2D eigenvalue weighted by atomic mass is 10.0. The third-order valence-corrected chi connectivity index (χ3v) is 4.17. The summed E-state index contributed by atoms with van der Waals surface area (Å²) in [5, 5.41) is 4.07. The van der Waals surface area contributed by atoms with Gasteiger partial charge in [0, 0.05) is 12.4 Å². The van der Waals surface area contributed by atoms with E-state index in [9.17, 15) is 0 Å². The SMILES string of the molecule is Cc1nccc(Nc2ncc(-c3c(C)cccc3C)s2)n1. The maximum atomic E-state index is 4.45. The minimum atomic E-state index is 0.742. The molecule has 0 fully saturated rings. The van der Waals surface area contributed by atoms with Crippen molar-refractivity contribution in [2.75, 3.05) is 5.32 Å². The first kappa shape index (κ1) is 13.7. The molecular formula is C16H16N4S. The number of nitrogens with one attached hydrogen (secondary N) is 1. The van der Waals surface area contributed by atoms with Crippen LogP contribution in [0.15, 0.2) is 36.7 Å². The lowest BCUT2D eigenvalue weighted by molar-refractivity contribution is 1.06. The number of hydrogen-bond acceptors (Lipinski definition) is 5. The van der Waals surface area contributed by atoms with Gasteiger partial charge in [-0.05, 0) is 43.5 Å². The third-order valence-electron chi connectivity index (χ3n) is 3.24. The van der Waals surface area contributed by atoms with Crippen molar-refractivity contribution in [1.82, 2.24) is 15.0 Å². The predicted molar refractivity (Wildman–Crippen MR) is 87.1 cm³/mol.